The average Bonchev–Trinajstić information content (AvgIpc) is 2.96. The highest BCUT2D eigenvalue weighted by Gasteiger charge is 2.37. The molecule has 0 bridgehead atoms. The minimum absolute atomic E-state index is 0.116. The lowest BCUT2D eigenvalue weighted by Gasteiger charge is -2.35. The molecule has 2 aliphatic rings. The predicted molar refractivity (Wildman–Crippen MR) is 74.0 cm³/mol. The van der Waals surface area contributed by atoms with Crippen LogP contribution in [-0.2, 0) is 10.9 Å². The topological polar surface area (TPSA) is 64.3 Å². The van der Waals surface area contributed by atoms with Gasteiger partial charge in [0.1, 0.15) is 5.69 Å². The smallest absolute Gasteiger partial charge is 0.381 e. The summed E-state index contributed by atoms with van der Waals surface area (Å²) in [5.41, 5.74) is 4.90. The fourth-order valence-electron chi connectivity index (χ4n) is 3.36. The Morgan fingerprint density at radius 1 is 1.18 bits per heavy atom. The maximum Gasteiger partial charge on any atom is 0.433 e. The first-order valence-corrected chi connectivity index (χ1v) is 7.50. The number of nitrogens with two attached hydrogens (primary N) is 1. The van der Waals surface area contributed by atoms with Crippen molar-refractivity contribution in [2.24, 2.45) is 0 Å². The molecule has 1 aromatic rings. The molecule has 0 saturated carbocycles. The molecule has 0 aliphatic carbocycles. The van der Waals surface area contributed by atoms with Crippen molar-refractivity contribution in [1.82, 2.24) is 14.9 Å². The molecule has 22 heavy (non-hydrogen) atoms. The molecule has 2 saturated heterocycles. The molecule has 0 radical (unpaired) electrons. The number of hydrogen-bond acceptors (Lipinski definition) is 5. The molecule has 5 nitrogen and oxygen atoms in total. The van der Waals surface area contributed by atoms with Crippen molar-refractivity contribution in [2.45, 2.75) is 43.9 Å². The predicted octanol–water partition coefficient (Wildman–Crippen LogP) is 2.39. The fraction of sp³-hybridized carbons (Fsp3) is 0.714. The van der Waals surface area contributed by atoms with Crippen molar-refractivity contribution in [1.29, 1.82) is 0 Å². The Kier molecular flexibility index (Phi) is 4.22. The minimum Gasteiger partial charge on any atom is -0.381 e. The van der Waals surface area contributed by atoms with Gasteiger partial charge in [-0.25, -0.2) is 9.97 Å². The average molecular weight is 316 g/mol. The summed E-state index contributed by atoms with van der Waals surface area (Å²) in [5, 5.41) is 0. The molecule has 2 aliphatic heterocycles. The molecule has 0 spiro atoms. The summed E-state index contributed by atoms with van der Waals surface area (Å²) in [4.78, 5) is 9.64. The highest BCUT2D eigenvalue weighted by Crippen LogP contribution is 2.37. The number of likely N-dealkylation sites (tertiary alicyclic amines) is 1. The van der Waals surface area contributed by atoms with Crippen LogP contribution in [0.3, 0.4) is 0 Å². The van der Waals surface area contributed by atoms with Gasteiger partial charge in [-0.2, -0.15) is 13.2 Å². The van der Waals surface area contributed by atoms with E-state index in [-0.39, 0.29) is 12.0 Å². The third kappa shape index (κ3) is 3.17. The van der Waals surface area contributed by atoms with Gasteiger partial charge in [0.25, 0.3) is 0 Å². The lowest BCUT2D eigenvalue weighted by Crippen LogP contribution is -2.39. The van der Waals surface area contributed by atoms with Crippen LogP contribution in [0.25, 0.3) is 0 Å². The van der Waals surface area contributed by atoms with Crippen LogP contribution in [-0.4, -0.2) is 40.7 Å². The van der Waals surface area contributed by atoms with Crippen LogP contribution in [0.5, 0.6) is 0 Å². The SMILES string of the molecule is Nc1nc([C@@H]2CCCN2C2CCOCC2)cc(C(F)(F)F)n1. The Morgan fingerprint density at radius 2 is 1.91 bits per heavy atom. The third-order valence-corrected chi connectivity index (χ3v) is 4.35. The molecule has 3 rings (SSSR count). The summed E-state index contributed by atoms with van der Waals surface area (Å²) < 4.78 is 44.1. The standard InChI is InChI=1S/C14H19F3N4O/c15-14(16,17)12-8-10(19-13(18)20-12)11-2-1-5-21(11)9-3-6-22-7-4-9/h8-9,11H,1-7H2,(H2,18,19,20)/t11-/m0/s1. The normalized spacial score (nSPS) is 24.8. The second kappa shape index (κ2) is 6.00. The van der Waals surface area contributed by atoms with Crippen LogP contribution in [0.15, 0.2) is 6.07 Å². The lowest BCUT2D eigenvalue weighted by molar-refractivity contribution is -0.141. The molecular weight excluding hydrogens is 297 g/mol. The highest BCUT2D eigenvalue weighted by molar-refractivity contribution is 5.26. The van der Waals surface area contributed by atoms with Crippen molar-refractivity contribution in [3.8, 4) is 0 Å². The third-order valence-electron chi connectivity index (χ3n) is 4.35. The summed E-state index contributed by atoms with van der Waals surface area (Å²) in [6, 6.07) is 1.26. The highest BCUT2D eigenvalue weighted by atomic mass is 19.4. The van der Waals surface area contributed by atoms with E-state index in [0.29, 0.717) is 24.9 Å². The van der Waals surface area contributed by atoms with Crippen molar-refractivity contribution in [2.75, 3.05) is 25.5 Å². The molecule has 1 atom stereocenters. The van der Waals surface area contributed by atoms with Gasteiger partial charge in [-0.05, 0) is 38.3 Å². The van der Waals surface area contributed by atoms with Crippen molar-refractivity contribution in [3.63, 3.8) is 0 Å². The number of aromatic nitrogens is 2. The molecule has 0 unspecified atom stereocenters. The van der Waals surface area contributed by atoms with Crippen LogP contribution in [0.2, 0.25) is 0 Å². The number of hydrogen-bond donors (Lipinski definition) is 1. The number of halogens is 3. The van der Waals surface area contributed by atoms with Crippen LogP contribution in [0.1, 0.15) is 43.1 Å². The summed E-state index contributed by atoms with van der Waals surface area (Å²) in [7, 11) is 0. The van der Waals surface area contributed by atoms with E-state index in [1.807, 2.05) is 0 Å². The maximum atomic E-state index is 12.9. The van der Waals surface area contributed by atoms with E-state index in [1.54, 1.807) is 0 Å². The van der Waals surface area contributed by atoms with Gasteiger partial charge in [-0.15, -0.1) is 0 Å². The number of anilines is 1. The van der Waals surface area contributed by atoms with E-state index in [2.05, 4.69) is 14.9 Å². The molecule has 1 aromatic heterocycles. The maximum absolute atomic E-state index is 12.9. The van der Waals surface area contributed by atoms with Gasteiger partial charge in [0, 0.05) is 19.3 Å². The quantitative estimate of drug-likeness (QED) is 0.907. The van der Waals surface area contributed by atoms with Crippen molar-refractivity contribution >= 4 is 5.95 Å². The van der Waals surface area contributed by atoms with Gasteiger partial charge in [0.05, 0.1) is 11.7 Å². The van der Waals surface area contributed by atoms with Gasteiger partial charge in [-0.1, -0.05) is 0 Å². The Balaban J connectivity index is 1.87. The van der Waals surface area contributed by atoms with Gasteiger partial charge in [-0.3, -0.25) is 4.90 Å². The first kappa shape index (κ1) is 15.5. The van der Waals surface area contributed by atoms with E-state index in [0.717, 1.165) is 38.3 Å². The van der Waals surface area contributed by atoms with E-state index >= 15 is 0 Å². The molecule has 122 valence electrons. The molecular formula is C14H19F3N4O. The summed E-state index contributed by atoms with van der Waals surface area (Å²) in [6.45, 7) is 2.28. The zero-order valence-corrected chi connectivity index (χ0v) is 12.1. The van der Waals surface area contributed by atoms with Gasteiger partial charge in [0.2, 0.25) is 5.95 Å². The second-order valence-corrected chi connectivity index (χ2v) is 5.77. The molecule has 2 N–H and O–H groups in total. The second-order valence-electron chi connectivity index (χ2n) is 5.77. The van der Waals surface area contributed by atoms with Crippen molar-refractivity contribution < 1.29 is 17.9 Å². The van der Waals surface area contributed by atoms with Crippen molar-refractivity contribution in [3.05, 3.63) is 17.5 Å². The zero-order valence-electron chi connectivity index (χ0n) is 12.1. The van der Waals surface area contributed by atoms with Crippen LogP contribution in [0, 0.1) is 0 Å². The van der Waals surface area contributed by atoms with Gasteiger partial charge in [0.15, 0.2) is 0 Å². The molecule has 0 amide bonds. The first-order chi connectivity index (χ1) is 10.4. The molecule has 3 heterocycles. The first-order valence-electron chi connectivity index (χ1n) is 7.50. The number of nitrogens with zero attached hydrogens (tertiary/aromatic N) is 3. The van der Waals surface area contributed by atoms with E-state index < -0.39 is 11.9 Å². The number of nitrogen functional groups attached to an aromatic ring is 1. The van der Waals surface area contributed by atoms with Crippen LogP contribution < -0.4 is 5.73 Å². The van der Waals surface area contributed by atoms with E-state index in [9.17, 15) is 13.2 Å². The molecule has 8 heteroatoms. The molecule has 2 fully saturated rings. The summed E-state index contributed by atoms with van der Waals surface area (Å²) >= 11 is 0. The summed E-state index contributed by atoms with van der Waals surface area (Å²) in [5.74, 6) is -0.316. The van der Waals surface area contributed by atoms with E-state index in [1.165, 1.54) is 0 Å². The number of rotatable bonds is 2. The fourth-order valence-corrected chi connectivity index (χ4v) is 3.36. The summed E-state index contributed by atoms with van der Waals surface area (Å²) in [6.07, 6.45) is -0.946. The van der Waals surface area contributed by atoms with E-state index in [4.69, 9.17) is 10.5 Å². The number of alkyl halides is 3. The lowest BCUT2D eigenvalue weighted by atomic mass is 10.0. The van der Waals surface area contributed by atoms with Gasteiger partial charge >= 0.3 is 6.18 Å². The number of ether oxygens (including phenoxy) is 1. The monoisotopic (exact) mass is 316 g/mol. The minimum atomic E-state index is -4.51. The zero-order chi connectivity index (χ0) is 15.7. The van der Waals surface area contributed by atoms with Crippen LogP contribution in [0.4, 0.5) is 19.1 Å². The largest absolute Gasteiger partial charge is 0.433 e. The Labute approximate surface area is 126 Å². The molecule has 0 aromatic carbocycles. The Bertz CT molecular complexity index is 531. The van der Waals surface area contributed by atoms with Gasteiger partial charge < -0.3 is 10.5 Å². The Hall–Kier alpha value is -1.41. The van der Waals surface area contributed by atoms with Crippen LogP contribution >= 0.6 is 0 Å². The Morgan fingerprint density at radius 3 is 2.59 bits per heavy atom.